The molecule has 3 aliphatic heterocycles. The van der Waals surface area contributed by atoms with E-state index in [9.17, 15) is 14.4 Å². The Morgan fingerprint density at radius 1 is 0.729 bits per heavy atom. The number of methoxy groups -OCH3 is 1. The Balaban J connectivity index is 1.39. The predicted molar refractivity (Wildman–Crippen MR) is 177 cm³/mol. The van der Waals surface area contributed by atoms with Crippen LogP contribution in [0.2, 0.25) is 0 Å². The number of imidazole rings is 2. The Labute approximate surface area is 273 Å². The first kappa shape index (κ1) is 29.0. The Morgan fingerprint density at radius 3 is 2.06 bits per heavy atom. The average molecular weight is 642 g/mol. The number of nitrogens with one attached hydrogen (secondary N) is 1. The molecule has 4 aromatic carbocycles. The number of aryl methyl sites for hydroxylation is 2. The molecule has 0 unspecified atom stereocenters. The van der Waals surface area contributed by atoms with E-state index in [1.165, 1.54) is 7.11 Å². The first-order chi connectivity index (χ1) is 23.5. The number of hydrogen-bond donors (Lipinski definition) is 1. The molecule has 0 radical (unpaired) electrons. The molecule has 1 N–H and O–H groups in total. The van der Waals surface area contributed by atoms with E-state index >= 15 is 0 Å². The molecule has 0 amide bonds. The molecule has 3 aliphatic rings. The fourth-order valence-corrected chi connectivity index (χ4v) is 6.40. The van der Waals surface area contributed by atoms with Gasteiger partial charge in [-0.1, -0.05) is 6.58 Å². The summed E-state index contributed by atoms with van der Waals surface area (Å²) in [6.07, 6.45) is 2.28. The molecule has 238 valence electrons. The van der Waals surface area contributed by atoms with Gasteiger partial charge in [0, 0.05) is 40.9 Å². The number of rotatable bonds is 4. The molecule has 4 bridgehead atoms. The lowest BCUT2D eigenvalue weighted by molar-refractivity contribution is 0.111. The highest BCUT2D eigenvalue weighted by atomic mass is 16.7. The van der Waals surface area contributed by atoms with Gasteiger partial charge in [0.05, 0.1) is 29.4 Å². The van der Waals surface area contributed by atoms with Crippen LogP contribution in [0.1, 0.15) is 36.6 Å². The molecule has 48 heavy (non-hydrogen) atoms. The van der Waals surface area contributed by atoms with Crippen LogP contribution in [0, 0.1) is 0 Å². The van der Waals surface area contributed by atoms with Crippen molar-refractivity contribution in [2.24, 2.45) is 0 Å². The number of nitrogens with zero attached hydrogens (tertiary/aromatic N) is 4. The van der Waals surface area contributed by atoms with Crippen LogP contribution in [-0.2, 0) is 13.1 Å². The minimum atomic E-state index is 0.200. The van der Waals surface area contributed by atoms with Crippen LogP contribution < -0.4 is 24.5 Å². The highest BCUT2D eigenvalue weighted by Gasteiger charge is 2.27. The van der Waals surface area contributed by atoms with E-state index in [1.807, 2.05) is 27.3 Å². The van der Waals surface area contributed by atoms with Crippen LogP contribution in [0.4, 0.5) is 0 Å². The molecular formula is C36H27N5O7. The second-order valence-corrected chi connectivity index (χ2v) is 11.3. The molecule has 6 aromatic rings. The Bertz CT molecular complexity index is 2340. The minimum absolute atomic E-state index is 0.200. The van der Waals surface area contributed by atoms with Crippen molar-refractivity contribution in [2.75, 3.05) is 20.3 Å². The summed E-state index contributed by atoms with van der Waals surface area (Å²) >= 11 is 0. The zero-order valence-electron chi connectivity index (χ0n) is 25.7. The fraction of sp³-hybridized carbons (Fsp3) is 0.139. The van der Waals surface area contributed by atoms with Gasteiger partial charge >= 0.3 is 0 Å². The molecule has 12 nitrogen and oxygen atoms in total. The molecule has 0 fully saturated rings. The van der Waals surface area contributed by atoms with Crippen LogP contribution in [0.25, 0.3) is 50.5 Å². The highest BCUT2D eigenvalue weighted by molar-refractivity contribution is 5.97. The standard InChI is InChI=1S/C36H27N5O7/c1-20-26-8-10-30-32(34(26)48-39-20)38-36-28-16-25(5-3-21(28)17-42)47-14-13-46-24-6-7-27(23(15-24)19-44)35-37-31-29(40(35)11-12-41(30)36)9-4-22(18-43)33(31)45-2/h3-10,15-19,39H,1,11-14H2,2H3. The predicted octanol–water partition coefficient (Wildman–Crippen LogP) is 5.51. The van der Waals surface area contributed by atoms with Crippen molar-refractivity contribution in [3.05, 3.63) is 89.5 Å². The van der Waals surface area contributed by atoms with Gasteiger partial charge in [-0.25, -0.2) is 15.4 Å². The van der Waals surface area contributed by atoms with Gasteiger partial charge in [0.2, 0.25) is 0 Å². The van der Waals surface area contributed by atoms with Gasteiger partial charge in [-0.05, 0) is 60.7 Å². The highest BCUT2D eigenvalue weighted by Crippen LogP contribution is 2.40. The van der Waals surface area contributed by atoms with Crippen molar-refractivity contribution in [1.82, 2.24) is 24.6 Å². The van der Waals surface area contributed by atoms with Crippen molar-refractivity contribution >= 4 is 46.6 Å². The Hall–Kier alpha value is -6.43. The molecule has 0 atom stereocenters. The van der Waals surface area contributed by atoms with Crippen molar-refractivity contribution < 1.29 is 33.4 Å². The van der Waals surface area contributed by atoms with Crippen molar-refractivity contribution in [1.29, 1.82) is 0 Å². The number of benzene rings is 4. The molecule has 5 heterocycles. The van der Waals surface area contributed by atoms with Gasteiger partial charge in [-0.2, -0.15) is 0 Å². The number of fused-ring (bicyclic) bond motifs is 10. The maximum Gasteiger partial charge on any atom is 0.192 e. The summed E-state index contributed by atoms with van der Waals surface area (Å²) in [7, 11) is 1.49. The monoisotopic (exact) mass is 641 g/mol. The molecule has 0 spiro atoms. The van der Waals surface area contributed by atoms with Crippen LogP contribution in [0.3, 0.4) is 0 Å². The first-order valence-electron chi connectivity index (χ1n) is 15.2. The number of aromatic nitrogens is 4. The summed E-state index contributed by atoms with van der Waals surface area (Å²) in [5.74, 6) is 2.92. The normalized spacial score (nSPS) is 13.7. The molecule has 0 aliphatic carbocycles. The van der Waals surface area contributed by atoms with Crippen molar-refractivity contribution in [3.63, 3.8) is 0 Å². The van der Waals surface area contributed by atoms with E-state index in [1.54, 1.807) is 42.5 Å². The van der Waals surface area contributed by atoms with E-state index < -0.39 is 0 Å². The molecule has 0 saturated carbocycles. The van der Waals surface area contributed by atoms with Gasteiger partial charge in [0.25, 0.3) is 0 Å². The van der Waals surface area contributed by atoms with E-state index in [4.69, 9.17) is 29.0 Å². The quantitative estimate of drug-likeness (QED) is 0.246. The Kier molecular flexibility index (Phi) is 6.90. The Morgan fingerprint density at radius 2 is 1.33 bits per heavy atom. The fourth-order valence-electron chi connectivity index (χ4n) is 6.40. The molecule has 9 rings (SSSR count). The lowest BCUT2D eigenvalue weighted by atomic mass is 10.1. The SMILES string of the molecule is C=C1NOc2c1ccc1c2nc2n1CCn1c(nc3c(OC)c(C=O)ccc31)-c1ccc(cc1C=O)OCCOc1ccc(C=O)c-2c1. The zero-order chi connectivity index (χ0) is 32.9. The van der Waals surface area contributed by atoms with Crippen LogP contribution >= 0.6 is 0 Å². The summed E-state index contributed by atoms with van der Waals surface area (Å²) < 4.78 is 21.6. The topological polar surface area (TPSA) is 136 Å². The van der Waals surface area contributed by atoms with E-state index in [0.717, 1.165) is 29.9 Å². The molecular weight excluding hydrogens is 614 g/mol. The molecule has 12 heteroatoms. The summed E-state index contributed by atoms with van der Waals surface area (Å²) in [6, 6.07) is 17.8. The summed E-state index contributed by atoms with van der Waals surface area (Å²) in [4.78, 5) is 52.5. The molecule has 2 aromatic heterocycles. The van der Waals surface area contributed by atoms with Gasteiger partial charge in [-0.15, -0.1) is 0 Å². The van der Waals surface area contributed by atoms with Gasteiger partial charge < -0.3 is 28.2 Å². The number of hydrogen-bond acceptors (Lipinski definition) is 10. The number of ether oxygens (including phenoxy) is 3. The first-order valence-corrected chi connectivity index (χ1v) is 15.2. The third-order valence-electron chi connectivity index (χ3n) is 8.66. The lowest BCUT2D eigenvalue weighted by Gasteiger charge is -2.15. The third-order valence-corrected chi connectivity index (χ3v) is 8.66. The smallest absolute Gasteiger partial charge is 0.192 e. The maximum absolute atomic E-state index is 12.5. The van der Waals surface area contributed by atoms with Gasteiger partial charge in [0.1, 0.15) is 47.4 Å². The summed E-state index contributed by atoms with van der Waals surface area (Å²) in [5, 5.41) is 0. The minimum Gasteiger partial charge on any atom is -0.494 e. The number of hydroxylamine groups is 1. The second kappa shape index (κ2) is 11.4. The van der Waals surface area contributed by atoms with E-state index in [2.05, 4.69) is 12.1 Å². The third kappa shape index (κ3) is 4.48. The summed E-state index contributed by atoms with van der Waals surface area (Å²) in [6.45, 7) is 5.14. The largest absolute Gasteiger partial charge is 0.494 e. The van der Waals surface area contributed by atoms with Crippen molar-refractivity contribution in [2.45, 2.75) is 13.1 Å². The molecule has 0 saturated heterocycles. The van der Waals surface area contributed by atoms with E-state index in [0.29, 0.717) is 97.8 Å². The van der Waals surface area contributed by atoms with Crippen LogP contribution in [-0.4, -0.2) is 58.3 Å². The summed E-state index contributed by atoms with van der Waals surface area (Å²) in [5.41, 5.74) is 9.06. The average Bonchev–Trinajstić information content (AvgIpc) is 3.80. The van der Waals surface area contributed by atoms with Gasteiger partial charge in [0.15, 0.2) is 30.4 Å². The van der Waals surface area contributed by atoms with Gasteiger partial charge in [-0.3, -0.25) is 14.4 Å². The second-order valence-electron chi connectivity index (χ2n) is 11.3. The van der Waals surface area contributed by atoms with Crippen LogP contribution in [0.5, 0.6) is 23.0 Å². The van der Waals surface area contributed by atoms with Crippen LogP contribution in [0.15, 0.2) is 67.2 Å². The number of carbonyl (C=O) groups is 3. The van der Waals surface area contributed by atoms with Crippen molar-refractivity contribution in [3.8, 4) is 45.8 Å². The zero-order valence-corrected chi connectivity index (χ0v) is 25.7. The number of carbonyl (C=O) groups excluding carboxylic acids is 3. The maximum atomic E-state index is 12.5. The van der Waals surface area contributed by atoms with E-state index in [-0.39, 0.29) is 13.2 Å². The number of aldehydes is 3. The lowest BCUT2D eigenvalue weighted by Crippen LogP contribution is -2.11.